The molecule has 4 N–H and O–H groups in total. The molecular weight excluding hydrogens is 436 g/mol. The van der Waals surface area contributed by atoms with Gasteiger partial charge in [-0.15, -0.1) is 0 Å². The first-order chi connectivity index (χ1) is 16.5. The van der Waals surface area contributed by atoms with Crippen LogP contribution in [0.15, 0.2) is 73.1 Å². The predicted octanol–water partition coefficient (Wildman–Crippen LogP) is 3.56. The third-order valence-corrected chi connectivity index (χ3v) is 5.00. The van der Waals surface area contributed by atoms with Crippen LogP contribution in [-0.4, -0.2) is 45.3 Å². The van der Waals surface area contributed by atoms with Gasteiger partial charge in [-0.25, -0.2) is 14.8 Å². The second-order valence-electron chi connectivity index (χ2n) is 7.34. The van der Waals surface area contributed by atoms with Crippen molar-refractivity contribution in [1.82, 2.24) is 9.97 Å². The SMILES string of the molecule is O=C(Nc1cccc(CNc2ncnc3c(C(=O)O)cccc23)c1)c1cccc(OCCO)c1. The zero-order chi connectivity index (χ0) is 23.9. The first-order valence-electron chi connectivity index (χ1n) is 10.5. The average Bonchev–Trinajstić information content (AvgIpc) is 2.86. The van der Waals surface area contributed by atoms with E-state index in [1.54, 1.807) is 42.5 Å². The van der Waals surface area contributed by atoms with Crippen LogP contribution in [0.3, 0.4) is 0 Å². The number of hydrogen-bond acceptors (Lipinski definition) is 7. The molecule has 0 saturated carbocycles. The molecule has 4 rings (SSSR count). The highest BCUT2D eigenvalue weighted by Gasteiger charge is 2.12. The molecule has 1 heterocycles. The van der Waals surface area contributed by atoms with Gasteiger partial charge in [0.15, 0.2) is 0 Å². The summed E-state index contributed by atoms with van der Waals surface area (Å²) in [6.45, 7) is 0.444. The van der Waals surface area contributed by atoms with Crippen LogP contribution < -0.4 is 15.4 Å². The number of aromatic nitrogens is 2. The van der Waals surface area contributed by atoms with Gasteiger partial charge in [0.25, 0.3) is 5.91 Å². The lowest BCUT2D eigenvalue weighted by molar-refractivity contribution is 0.0698. The van der Waals surface area contributed by atoms with Crippen molar-refractivity contribution in [3.8, 4) is 5.75 Å². The largest absolute Gasteiger partial charge is 0.491 e. The Labute approximate surface area is 195 Å². The van der Waals surface area contributed by atoms with Gasteiger partial charge in [-0.3, -0.25) is 4.79 Å². The number of carboxylic acid groups (broad SMARTS) is 1. The van der Waals surface area contributed by atoms with Gasteiger partial charge in [-0.05, 0) is 48.0 Å². The number of nitrogens with zero attached hydrogens (tertiary/aromatic N) is 2. The van der Waals surface area contributed by atoms with Gasteiger partial charge in [-0.2, -0.15) is 0 Å². The summed E-state index contributed by atoms with van der Waals surface area (Å²) in [5.41, 5.74) is 2.41. The number of aliphatic hydroxyl groups excluding tert-OH is 1. The Kier molecular flexibility index (Phi) is 6.95. The molecule has 0 aliphatic heterocycles. The van der Waals surface area contributed by atoms with E-state index in [-0.39, 0.29) is 24.7 Å². The summed E-state index contributed by atoms with van der Waals surface area (Å²) in [7, 11) is 0. The number of carbonyl (C=O) groups excluding carboxylic acids is 1. The molecule has 9 heteroatoms. The maximum absolute atomic E-state index is 12.7. The Balaban J connectivity index is 1.46. The Morgan fingerprint density at radius 1 is 0.971 bits per heavy atom. The number of rotatable bonds is 9. The van der Waals surface area contributed by atoms with Crippen molar-refractivity contribution in [3.05, 3.63) is 89.7 Å². The molecule has 0 atom stereocenters. The van der Waals surface area contributed by atoms with Crippen LogP contribution in [0.4, 0.5) is 11.5 Å². The number of para-hydroxylation sites is 1. The van der Waals surface area contributed by atoms with Crippen LogP contribution in [0.2, 0.25) is 0 Å². The zero-order valence-corrected chi connectivity index (χ0v) is 18.1. The fraction of sp³-hybridized carbons (Fsp3) is 0.120. The summed E-state index contributed by atoms with van der Waals surface area (Å²) in [5.74, 6) is -0.322. The first kappa shape index (κ1) is 22.7. The minimum Gasteiger partial charge on any atom is -0.491 e. The lowest BCUT2D eigenvalue weighted by atomic mass is 10.1. The summed E-state index contributed by atoms with van der Waals surface area (Å²) >= 11 is 0. The summed E-state index contributed by atoms with van der Waals surface area (Å²) in [6, 6.07) is 19.0. The molecule has 34 heavy (non-hydrogen) atoms. The predicted molar refractivity (Wildman–Crippen MR) is 127 cm³/mol. The van der Waals surface area contributed by atoms with Crippen LogP contribution in [-0.2, 0) is 6.54 Å². The van der Waals surface area contributed by atoms with Gasteiger partial charge in [0.05, 0.1) is 17.7 Å². The van der Waals surface area contributed by atoms with E-state index in [2.05, 4.69) is 20.6 Å². The number of anilines is 2. The number of aromatic carboxylic acids is 1. The summed E-state index contributed by atoms with van der Waals surface area (Å²) in [5, 5.41) is 25.0. The first-order valence-corrected chi connectivity index (χ1v) is 10.5. The molecule has 172 valence electrons. The van der Waals surface area contributed by atoms with Gasteiger partial charge in [0.1, 0.15) is 24.5 Å². The Morgan fingerprint density at radius 3 is 2.62 bits per heavy atom. The number of nitrogens with one attached hydrogen (secondary N) is 2. The van der Waals surface area contributed by atoms with E-state index >= 15 is 0 Å². The van der Waals surface area contributed by atoms with Gasteiger partial charge in [0, 0.05) is 23.2 Å². The minimum absolute atomic E-state index is 0.108. The minimum atomic E-state index is -1.05. The van der Waals surface area contributed by atoms with E-state index in [0.717, 1.165) is 5.56 Å². The van der Waals surface area contributed by atoms with E-state index in [9.17, 15) is 14.7 Å². The quantitative estimate of drug-likeness (QED) is 0.299. The van der Waals surface area contributed by atoms with Gasteiger partial charge in [-0.1, -0.05) is 24.3 Å². The molecule has 0 fully saturated rings. The Hall–Kier alpha value is -4.50. The molecule has 0 bridgehead atoms. The van der Waals surface area contributed by atoms with Crippen LogP contribution in [0.5, 0.6) is 5.75 Å². The van der Waals surface area contributed by atoms with E-state index in [1.807, 2.05) is 18.2 Å². The number of benzene rings is 3. The van der Waals surface area contributed by atoms with Crippen LogP contribution in [0, 0.1) is 0 Å². The summed E-state index contributed by atoms with van der Waals surface area (Å²) in [4.78, 5) is 32.5. The fourth-order valence-corrected chi connectivity index (χ4v) is 3.44. The van der Waals surface area contributed by atoms with Crippen molar-refractivity contribution >= 4 is 34.3 Å². The number of amides is 1. The van der Waals surface area contributed by atoms with Crippen molar-refractivity contribution < 1.29 is 24.5 Å². The molecule has 4 aromatic rings. The standard InChI is InChI=1S/C25H22N4O5/c30-10-11-34-19-7-2-5-17(13-19)24(31)29-18-6-1-4-16(12-18)14-26-23-20-8-3-9-21(25(32)33)22(20)27-15-28-23/h1-9,12-13,15,30H,10-11,14H2,(H,29,31)(H,32,33)(H,26,27,28). The number of carbonyl (C=O) groups is 2. The van der Waals surface area contributed by atoms with Gasteiger partial charge < -0.3 is 25.6 Å². The molecule has 3 aromatic carbocycles. The third kappa shape index (κ3) is 5.28. The fourth-order valence-electron chi connectivity index (χ4n) is 3.44. The summed E-state index contributed by atoms with van der Waals surface area (Å²) < 4.78 is 5.36. The molecule has 0 radical (unpaired) electrons. The number of carboxylic acids is 1. The molecule has 0 aliphatic carbocycles. The number of fused-ring (bicyclic) bond motifs is 1. The van der Waals surface area contributed by atoms with Crippen LogP contribution in [0.25, 0.3) is 10.9 Å². The molecular formula is C25H22N4O5. The van der Waals surface area contributed by atoms with E-state index in [4.69, 9.17) is 9.84 Å². The highest BCUT2D eigenvalue weighted by molar-refractivity contribution is 6.05. The highest BCUT2D eigenvalue weighted by Crippen LogP contribution is 2.23. The molecule has 0 unspecified atom stereocenters. The third-order valence-electron chi connectivity index (χ3n) is 5.00. The van der Waals surface area contributed by atoms with Crippen molar-refractivity contribution in [1.29, 1.82) is 0 Å². The van der Waals surface area contributed by atoms with Gasteiger partial charge >= 0.3 is 5.97 Å². The molecule has 9 nitrogen and oxygen atoms in total. The molecule has 0 aliphatic rings. The summed E-state index contributed by atoms with van der Waals surface area (Å²) in [6.07, 6.45) is 1.33. The normalized spacial score (nSPS) is 10.6. The Bertz CT molecular complexity index is 1340. The smallest absolute Gasteiger partial charge is 0.337 e. The Morgan fingerprint density at radius 2 is 1.79 bits per heavy atom. The second-order valence-corrected chi connectivity index (χ2v) is 7.34. The lowest BCUT2D eigenvalue weighted by Gasteiger charge is -2.11. The number of hydrogen-bond donors (Lipinski definition) is 4. The maximum Gasteiger partial charge on any atom is 0.337 e. The van der Waals surface area contributed by atoms with Crippen molar-refractivity contribution in [3.63, 3.8) is 0 Å². The highest BCUT2D eigenvalue weighted by atomic mass is 16.5. The van der Waals surface area contributed by atoms with E-state index < -0.39 is 5.97 Å². The molecule has 1 aromatic heterocycles. The van der Waals surface area contributed by atoms with Crippen molar-refractivity contribution in [2.45, 2.75) is 6.54 Å². The van der Waals surface area contributed by atoms with Gasteiger partial charge in [0.2, 0.25) is 0 Å². The maximum atomic E-state index is 12.7. The second kappa shape index (κ2) is 10.4. The monoisotopic (exact) mass is 458 g/mol. The molecule has 0 saturated heterocycles. The average molecular weight is 458 g/mol. The van der Waals surface area contributed by atoms with Crippen LogP contribution in [0.1, 0.15) is 26.3 Å². The lowest BCUT2D eigenvalue weighted by Crippen LogP contribution is -2.12. The molecule has 1 amide bonds. The van der Waals surface area contributed by atoms with E-state index in [1.165, 1.54) is 12.4 Å². The van der Waals surface area contributed by atoms with Crippen LogP contribution >= 0.6 is 0 Å². The number of ether oxygens (including phenoxy) is 1. The number of aliphatic hydroxyl groups is 1. The van der Waals surface area contributed by atoms with E-state index in [0.29, 0.717) is 40.3 Å². The van der Waals surface area contributed by atoms with Crippen molar-refractivity contribution in [2.75, 3.05) is 23.8 Å². The topological polar surface area (TPSA) is 134 Å². The zero-order valence-electron chi connectivity index (χ0n) is 18.1. The van der Waals surface area contributed by atoms with Crippen molar-refractivity contribution in [2.24, 2.45) is 0 Å². The molecule has 0 spiro atoms.